The second-order valence-electron chi connectivity index (χ2n) is 4.05. The maximum absolute atomic E-state index is 12.4. The first-order valence-electron chi connectivity index (χ1n) is 5.69. The Labute approximate surface area is 132 Å². The quantitative estimate of drug-likeness (QED) is 0.829. The van der Waals surface area contributed by atoms with Gasteiger partial charge in [-0.15, -0.1) is 0 Å². The second kappa shape index (κ2) is 6.01. The molecule has 21 heavy (non-hydrogen) atoms. The lowest BCUT2D eigenvalue weighted by Crippen LogP contribution is -2.14. The average Bonchev–Trinajstić information content (AvgIpc) is 2.43. The van der Waals surface area contributed by atoms with Crippen LogP contribution in [0.4, 0.5) is 5.69 Å². The zero-order valence-corrected chi connectivity index (χ0v) is 13.1. The van der Waals surface area contributed by atoms with E-state index < -0.39 is 10.0 Å². The van der Waals surface area contributed by atoms with E-state index in [-0.39, 0.29) is 26.4 Å². The summed E-state index contributed by atoms with van der Waals surface area (Å²) in [5.74, 6) is 0.000473. The van der Waals surface area contributed by atoms with Crippen molar-refractivity contribution in [2.75, 3.05) is 11.8 Å². The number of sulfonamides is 1. The lowest BCUT2D eigenvalue weighted by Gasteiger charge is -2.13. The van der Waals surface area contributed by atoms with Gasteiger partial charge in [0, 0.05) is 5.69 Å². The number of halogens is 2. The lowest BCUT2D eigenvalue weighted by atomic mass is 10.3. The third-order valence-electron chi connectivity index (χ3n) is 2.63. The van der Waals surface area contributed by atoms with E-state index in [2.05, 4.69) is 4.72 Å². The predicted molar refractivity (Wildman–Crippen MR) is 81.9 cm³/mol. The summed E-state index contributed by atoms with van der Waals surface area (Å²) in [6.45, 7) is 0. The van der Waals surface area contributed by atoms with Gasteiger partial charge in [-0.3, -0.25) is 4.72 Å². The van der Waals surface area contributed by atoms with Crippen molar-refractivity contribution in [1.29, 1.82) is 0 Å². The minimum atomic E-state index is -3.91. The Morgan fingerprint density at radius 1 is 1.10 bits per heavy atom. The van der Waals surface area contributed by atoms with Crippen molar-refractivity contribution in [3.8, 4) is 11.5 Å². The van der Waals surface area contributed by atoms with E-state index in [1.807, 2.05) is 0 Å². The van der Waals surface area contributed by atoms with Gasteiger partial charge in [-0.1, -0.05) is 23.2 Å². The number of benzene rings is 2. The predicted octanol–water partition coefficient (Wildman–Crippen LogP) is 3.51. The molecule has 0 aliphatic rings. The van der Waals surface area contributed by atoms with E-state index >= 15 is 0 Å². The van der Waals surface area contributed by atoms with E-state index in [1.165, 1.54) is 43.5 Å². The van der Waals surface area contributed by atoms with Gasteiger partial charge < -0.3 is 9.84 Å². The van der Waals surface area contributed by atoms with Gasteiger partial charge in [0.1, 0.15) is 15.7 Å². The highest BCUT2D eigenvalue weighted by molar-refractivity contribution is 7.92. The Bertz CT molecular complexity index is 760. The van der Waals surface area contributed by atoms with Crippen LogP contribution >= 0.6 is 23.2 Å². The SMILES string of the molecule is COc1c(S(=O)(=O)Nc2ccc(O)cc2)ccc(Cl)c1Cl. The molecule has 0 amide bonds. The van der Waals surface area contributed by atoms with Gasteiger partial charge >= 0.3 is 0 Å². The van der Waals surface area contributed by atoms with Crippen molar-refractivity contribution in [1.82, 2.24) is 0 Å². The maximum atomic E-state index is 12.4. The molecule has 0 fully saturated rings. The van der Waals surface area contributed by atoms with Crippen LogP contribution < -0.4 is 9.46 Å². The molecule has 2 aromatic rings. The number of aromatic hydroxyl groups is 1. The first kappa shape index (κ1) is 15.8. The highest BCUT2D eigenvalue weighted by atomic mass is 35.5. The van der Waals surface area contributed by atoms with Gasteiger partial charge in [-0.25, -0.2) is 8.42 Å². The molecular weight excluding hydrogens is 337 g/mol. The van der Waals surface area contributed by atoms with Crippen molar-refractivity contribution in [3.63, 3.8) is 0 Å². The monoisotopic (exact) mass is 347 g/mol. The first-order valence-corrected chi connectivity index (χ1v) is 7.93. The smallest absolute Gasteiger partial charge is 0.265 e. The van der Waals surface area contributed by atoms with Gasteiger partial charge in [0.15, 0.2) is 5.75 Å². The fourth-order valence-corrected chi connectivity index (χ4v) is 3.34. The Hall–Kier alpha value is -1.63. The van der Waals surface area contributed by atoms with E-state index in [4.69, 9.17) is 27.9 Å². The molecule has 2 N–H and O–H groups in total. The number of hydrogen-bond acceptors (Lipinski definition) is 4. The molecule has 0 heterocycles. The van der Waals surface area contributed by atoms with E-state index in [9.17, 15) is 13.5 Å². The highest BCUT2D eigenvalue weighted by Crippen LogP contribution is 2.37. The molecule has 112 valence electrons. The molecule has 0 unspecified atom stereocenters. The molecule has 0 aliphatic carbocycles. The molecule has 0 saturated heterocycles. The van der Waals surface area contributed by atoms with Crippen LogP contribution in [-0.4, -0.2) is 20.6 Å². The minimum absolute atomic E-state index is 0.0211. The number of methoxy groups -OCH3 is 1. The first-order chi connectivity index (χ1) is 9.85. The zero-order chi connectivity index (χ0) is 15.6. The van der Waals surface area contributed by atoms with Gasteiger partial charge in [0.2, 0.25) is 0 Å². The molecule has 8 heteroatoms. The molecular formula is C13H11Cl2NO4S. The molecule has 0 saturated carbocycles. The summed E-state index contributed by atoms with van der Waals surface area (Å²) in [4.78, 5) is -0.132. The van der Waals surface area contributed by atoms with Crippen LogP contribution in [0.3, 0.4) is 0 Å². The second-order valence-corrected chi connectivity index (χ2v) is 6.48. The topological polar surface area (TPSA) is 75.6 Å². The number of hydrogen-bond donors (Lipinski definition) is 2. The number of anilines is 1. The van der Waals surface area contributed by atoms with Crippen LogP contribution in [0.5, 0.6) is 11.5 Å². The maximum Gasteiger partial charge on any atom is 0.265 e. The van der Waals surface area contributed by atoms with Crippen LogP contribution in [0.15, 0.2) is 41.3 Å². The highest BCUT2D eigenvalue weighted by Gasteiger charge is 2.23. The normalized spacial score (nSPS) is 11.2. The van der Waals surface area contributed by atoms with Crippen LogP contribution in [0.1, 0.15) is 0 Å². The van der Waals surface area contributed by atoms with Gasteiger partial charge in [0.05, 0.1) is 12.1 Å². The van der Waals surface area contributed by atoms with E-state index in [0.717, 1.165) is 0 Å². The number of phenolic OH excluding ortho intramolecular Hbond substituents is 1. The molecule has 5 nitrogen and oxygen atoms in total. The Balaban J connectivity index is 2.45. The summed E-state index contributed by atoms with van der Waals surface area (Å²) in [6.07, 6.45) is 0. The number of rotatable bonds is 4. The van der Waals surface area contributed by atoms with Crippen molar-refractivity contribution in [2.45, 2.75) is 4.90 Å². The average molecular weight is 348 g/mol. The van der Waals surface area contributed by atoms with Crippen LogP contribution in [-0.2, 0) is 10.0 Å². The minimum Gasteiger partial charge on any atom is -0.508 e. The number of phenols is 1. The molecule has 0 spiro atoms. The fourth-order valence-electron chi connectivity index (χ4n) is 1.66. The fraction of sp³-hybridized carbons (Fsp3) is 0.0769. The van der Waals surface area contributed by atoms with Crippen LogP contribution in [0.25, 0.3) is 0 Å². The summed E-state index contributed by atoms with van der Waals surface area (Å²) in [5, 5.41) is 9.40. The largest absolute Gasteiger partial charge is 0.508 e. The lowest BCUT2D eigenvalue weighted by molar-refractivity contribution is 0.403. The molecule has 0 aromatic heterocycles. The summed E-state index contributed by atoms with van der Waals surface area (Å²) in [6, 6.07) is 8.26. The van der Waals surface area contributed by atoms with E-state index in [0.29, 0.717) is 5.69 Å². The van der Waals surface area contributed by atoms with Gasteiger partial charge in [0.25, 0.3) is 10.0 Å². The molecule has 2 rings (SSSR count). The summed E-state index contributed by atoms with van der Waals surface area (Å²) in [7, 11) is -2.61. The number of ether oxygens (including phenoxy) is 1. The van der Waals surface area contributed by atoms with Crippen molar-refractivity contribution in [3.05, 3.63) is 46.4 Å². The van der Waals surface area contributed by atoms with Gasteiger partial charge in [-0.05, 0) is 36.4 Å². The third-order valence-corrected chi connectivity index (χ3v) is 4.82. The van der Waals surface area contributed by atoms with Crippen molar-refractivity contribution < 1.29 is 18.3 Å². The Morgan fingerprint density at radius 3 is 2.29 bits per heavy atom. The summed E-state index contributed by atoms with van der Waals surface area (Å²) < 4.78 is 32.1. The zero-order valence-electron chi connectivity index (χ0n) is 10.8. The van der Waals surface area contributed by atoms with Crippen molar-refractivity contribution >= 4 is 38.9 Å². The van der Waals surface area contributed by atoms with Gasteiger partial charge in [-0.2, -0.15) is 0 Å². The summed E-state index contributed by atoms with van der Waals surface area (Å²) >= 11 is 11.8. The van der Waals surface area contributed by atoms with Crippen LogP contribution in [0, 0.1) is 0 Å². The Morgan fingerprint density at radius 2 is 1.71 bits per heavy atom. The molecule has 0 bridgehead atoms. The number of nitrogens with one attached hydrogen (secondary N) is 1. The standard InChI is InChI=1S/C13H11Cl2NO4S/c1-20-13-11(7-6-10(14)12(13)15)21(18,19)16-8-2-4-9(17)5-3-8/h2-7,16-17H,1H3. The third kappa shape index (κ3) is 3.34. The molecule has 0 aliphatic heterocycles. The molecule has 0 atom stereocenters. The molecule has 0 radical (unpaired) electrons. The van der Waals surface area contributed by atoms with Crippen molar-refractivity contribution in [2.24, 2.45) is 0 Å². The Kier molecular flexibility index (Phi) is 4.51. The van der Waals surface area contributed by atoms with Crippen LogP contribution in [0.2, 0.25) is 10.0 Å². The summed E-state index contributed by atoms with van der Waals surface area (Å²) in [5.41, 5.74) is 0.293. The molecule has 2 aromatic carbocycles. The van der Waals surface area contributed by atoms with E-state index in [1.54, 1.807) is 0 Å².